The van der Waals surface area contributed by atoms with Crippen LogP contribution in [0.15, 0.2) is 39.9 Å². The summed E-state index contributed by atoms with van der Waals surface area (Å²) >= 11 is 13.5. The number of hydrogen-bond acceptors (Lipinski definition) is 6. The van der Waals surface area contributed by atoms with Crippen molar-refractivity contribution in [3.63, 3.8) is 0 Å². The van der Waals surface area contributed by atoms with Crippen LogP contribution in [0.25, 0.3) is 11.1 Å². The van der Waals surface area contributed by atoms with Gasteiger partial charge in [-0.05, 0) is 30.7 Å². The number of amides is 1. The van der Waals surface area contributed by atoms with Gasteiger partial charge in [0.1, 0.15) is 11.1 Å². The number of furan rings is 1. The summed E-state index contributed by atoms with van der Waals surface area (Å²) in [5, 5.41) is 4.42. The summed E-state index contributed by atoms with van der Waals surface area (Å²) in [7, 11) is 0. The van der Waals surface area contributed by atoms with Crippen LogP contribution in [0.2, 0.25) is 10.0 Å². The summed E-state index contributed by atoms with van der Waals surface area (Å²) in [6.07, 6.45) is 3.42. The molecule has 0 aliphatic rings. The topological polar surface area (TPSA) is 101 Å². The molecule has 0 unspecified atom stereocenters. The van der Waals surface area contributed by atoms with Gasteiger partial charge < -0.3 is 9.40 Å². The molecule has 142 valence electrons. The second-order valence-electron chi connectivity index (χ2n) is 5.94. The largest absolute Gasteiger partial charge is 0.442 e. The molecule has 0 fully saturated rings. The second kappa shape index (κ2) is 7.38. The first-order valence-electron chi connectivity index (χ1n) is 8.09. The number of rotatable bonds is 4. The molecule has 0 spiro atoms. The van der Waals surface area contributed by atoms with Crippen LogP contribution in [0.4, 0.5) is 5.13 Å². The zero-order chi connectivity index (χ0) is 19.8. The van der Waals surface area contributed by atoms with Gasteiger partial charge in [-0.15, -0.1) is 11.3 Å². The van der Waals surface area contributed by atoms with Gasteiger partial charge in [-0.1, -0.05) is 23.2 Å². The maximum atomic E-state index is 12.7. The summed E-state index contributed by atoms with van der Waals surface area (Å²) in [5.74, 6) is -0.185. The number of carbonyl (C=O) groups excluding carboxylic acids is 1. The fourth-order valence-electron chi connectivity index (χ4n) is 2.80. The molecule has 1 amide bonds. The molecule has 10 heteroatoms. The smallest absolute Gasteiger partial charge is 0.262 e. The Bertz CT molecular complexity index is 1260. The van der Waals surface area contributed by atoms with Crippen LogP contribution in [0.5, 0.6) is 0 Å². The fraction of sp³-hybridized carbons (Fsp3) is 0.111. The van der Waals surface area contributed by atoms with E-state index in [4.69, 9.17) is 27.6 Å². The first-order chi connectivity index (χ1) is 13.4. The fourth-order valence-corrected chi connectivity index (χ4v) is 4.01. The Hall–Kier alpha value is -2.68. The molecule has 0 saturated heterocycles. The zero-order valence-electron chi connectivity index (χ0n) is 14.4. The van der Waals surface area contributed by atoms with Gasteiger partial charge in [0.05, 0.1) is 11.9 Å². The average Bonchev–Trinajstić information content (AvgIpc) is 3.22. The Balaban J connectivity index is 1.58. The van der Waals surface area contributed by atoms with Gasteiger partial charge in [0.2, 0.25) is 5.71 Å². The summed E-state index contributed by atoms with van der Waals surface area (Å²) in [6, 6.07) is 5.25. The minimum Gasteiger partial charge on any atom is -0.442 e. The third kappa shape index (κ3) is 3.54. The van der Waals surface area contributed by atoms with Crippen LogP contribution < -0.4 is 10.9 Å². The SMILES string of the molecule is Cc1oc2nc[nH]c(=O)c2c1C(=O)Nc1ncc(Cc2cc(Cl)ccc2Cl)s1. The first-order valence-corrected chi connectivity index (χ1v) is 9.66. The van der Waals surface area contributed by atoms with Crippen molar-refractivity contribution in [3.8, 4) is 0 Å². The minimum atomic E-state index is -0.489. The van der Waals surface area contributed by atoms with E-state index in [1.54, 1.807) is 31.3 Å². The Morgan fingerprint density at radius 3 is 2.96 bits per heavy atom. The van der Waals surface area contributed by atoms with Gasteiger partial charge in [-0.3, -0.25) is 14.9 Å². The predicted molar refractivity (Wildman–Crippen MR) is 109 cm³/mol. The lowest BCUT2D eigenvalue weighted by molar-refractivity contribution is 0.102. The second-order valence-corrected chi connectivity index (χ2v) is 7.90. The highest BCUT2D eigenvalue weighted by Crippen LogP contribution is 2.28. The lowest BCUT2D eigenvalue weighted by atomic mass is 10.1. The average molecular weight is 435 g/mol. The Labute approximate surface area is 172 Å². The lowest BCUT2D eigenvalue weighted by Crippen LogP contribution is -2.16. The molecule has 7 nitrogen and oxygen atoms in total. The van der Waals surface area contributed by atoms with Gasteiger partial charge in [-0.2, -0.15) is 0 Å². The predicted octanol–water partition coefficient (Wildman–Crippen LogP) is 4.43. The Morgan fingerprint density at radius 1 is 1.32 bits per heavy atom. The number of halogens is 2. The van der Waals surface area contributed by atoms with Crippen LogP contribution in [-0.4, -0.2) is 20.9 Å². The summed E-state index contributed by atoms with van der Waals surface area (Å²) < 4.78 is 5.41. The number of hydrogen-bond donors (Lipinski definition) is 2. The number of aryl methyl sites for hydroxylation is 1. The number of aromatic amines is 1. The zero-order valence-corrected chi connectivity index (χ0v) is 16.7. The standard InChI is InChI=1S/C18H12Cl2N4O3S/c1-8-13(14-15(25)22-7-23-17(14)27-8)16(26)24-18-21-6-11(28-18)5-9-4-10(19)2-3-12(9)20/h2-4,6-7H,5H2,1H3,(H,21,24,26)(H,22,23,25). The van der Waals surface area contributed by atoms with Crippen molar-refractivity contribution in [1.82, 2.24) is 15.0 Å². The quantitative estimate of drug-likeness (QED) is 0.494. The monoisotopic (exact) mass is 434 g/mol. The number of aromatic nitrogens is 3. The van der Waals surface area contributed by atoms with E-state index in [2.05, 4.69) is 20.3 Å². The lowest BCUT2D eigenvalue weighted by Gasteiger charge is -2.03. The molecule has 0 aliphatic carbocycles. The molecular formula is C18H12Cl2N4O3S. The van der Waals surface area contributed by atoms with Crippen molar-refractivity contribution in [3.05, 3.63) is 72.9 Å². The molecule has 0 aliphatic heterocycles. The number of thiazole rings is 1. The highest BCUT2D eigenvalue weighted by molar-refractivity contribution is 7.15. The number of benzene rings is 1. The molecule has 0 atom stereocenters. The van der Waals surface area contributed by atoms with E-state index in [-0.39, 0.29) is 16.7 Å². The number of nitrogens with zero attached hydrogens (tertiary/aromatic N) is 2. The van der Waals surface area contributed by atoms with Crippen LogP contribution in [-0.2, 0) is 6.42 Å². The summed E-state index contributed by atoms with van der Waals surface area (Å²) in [5.41, 5.74) is 0.674. The normalized spacial score (nSPS) is 11.1. The molecule has 0 bridgehead atoms. The number of fused-ring (bicyclic) bond motifs is 1. The van der Waals surface area contributed by atoms with Gasteiger partial charge >= 0.3 is 0 Å². The highest BCUT2D eigenvalue weighted by Gasteiger charge is 2.22. The Kier molecular flexibility index (Phi) is 4.92. The van der Waals surface area contributed by atoms with Crippen LogP contribution in [0.3, 0.4) is 0 Å². The van der Waals surface area contributed by atoms with E-state index in [0.29, 0.717) is 27.4 Å². The van der Waals surface area contributed by atoms with Gasteiger partial charge in [0.25, 0.3) is 11.5 Å². The van der Waals surface area contributed by atoms with E-state index in [9.17, 15) is 9.59 Å². The van der Waals surface area contributed by atoms with Crippen molar-refractivity contribution in [2.24, 2.45) is 0 Å². The van der Waals surface area contributed by atoms with E-state index >= 15 is 0 Å². The number of carbonyl (C=O) groups is 1. The molecule has 3 aromatic heterocycles. The number of anilines is 1. The van der Waals surface area contributed by atoms with E-state index < -0.39 is 11.5 Å². The molecule has 0 saturated carbocycles. The van der Waals surface area contributed by atoms with Crippen molar-refractivity contribution in [2.45, 2.75) is 13.3 Å². The molecule has 4 aromatic rings. The van der Waals surface area contributed by atoms with Crippen molar-refractivity contribution >= 4 is 56.7 Å². The van der Waals surface area contributed by atoms with Gasteiger partial charge in [0.15, 0.2) is 5.13 Å². The Morgan fingerprint density at radius 2 is 2.14 bits per heavy atom. The molecular weight excluding hydrogens is 423 g/mol. The summed E-state index contributed by atoms with van der Waals surface area (Å²) in [6.45, 7) is 1.60. The van der Waals surface area contributed by atoms with Gasteiger partial charge in [0, 0.05) is 27.5 Å². The minimum absolute atomic E-state index is 0.111. The van der Waals surface area contributed by atoms with Crippen LogP contribution >= 0.6 is 34.5 Å². The molecule has 2 N–H and O–H groups in total. The maximum absolute atomic E-state index is 12.7. The van der Waals surface area contributed by atoms with E-state index in [0.717, 1.165) is 10.4 Å². The van der Waals surface area contributed by atoms with Gasteiger partial charge in [-0.25, -0.2) is 9.97 Å². The summed E-state index contributed by atoms with van der Waals surface area (Å²) in [4.78, 5) is 36.3. The number of nitrogens with one attached hydrogen (secondary N) is 2. The number of H-pyrrole nitrogens is 1. The molecule has 0 radical (unpaired) electrons. The third-order valence-electron chi connectivity index (χ3n) is 4.04. The third-order valence-corrected chi connectivity index (χ3v) is 5.56. The first kappa shape index (κ1) is 18.7. The van der Waals surface area contributed by atoms with Crippen molar-refractivity contribution in [1.29, 1.82) is 0 Å². The highest BCUT2D eigenvalue weighted by atomic mass is 35.5. The molecule has 1 aromatic carbocycles. The molecule has 4 rings (SSSR count). The molecule has 3 heterocycles. The maximum Gasteiger partial charge on any atom is 0.262 e. The van der Waals surface area contributed by atoms with Crippen molar-refractivity contribution in [2.75, 3.05) is 5.32 Å². The van der Waals surface area contributed by atoms with Crippen molar-refractivity contribution < 1.29 is 9.21 Å². The van der Waals surface area contributed by atoms with Crippen LogP contribution in [0, 0.1) is 6.92 Å². The molecule has 28 heavy (non-hydrogen) atoms. The van der Waals surface area contributed by atoms with Crippen LogP contribution in [0.1, 0.15) is 26.6 Å². The van der Waals surface area contributed by atoms with E-state index in [1.807, 2.05) is 0 Å². The van der Waals surface area contributed by atoms with E-state index in [1.165, 1.54) is 17.7 Å².